The molecule has 188 valence electrons. The molecule has 0 unspecified atom stereocenters. The number of hydrogen-bond donors (Lipinski definition) is 1. The third-order valence-corrected chi connectivity index (χ3v) is 6.40. The van der Waals surface area contributed by atoms with Crippen LogP contribution in [0.5, 0.6) is 5.75 Å². The molecule has 1 N–H and O–H groups in total. The van der Waals surface area contributed by atoms with Crippen LogP contribution >= 0.6 is 0 Å². The number of likely N-dealkylation sites (tertiary alicyclic amines) is 1. The molecule has 35 heavy (non-hydrogen) atoms. The Morgan fingerprint density at radius 2 is 1.49 bits per heavy atom. The van der Waals surface area contributed by atoms with Gasteiger partial charge in [0.15, 0.2) is 0 Å². The second-order valence-electron chi connectivity index (χ2n) is 8.85. The standard InChI is InChI=1S/C25H29F3N4O3/c26-25(27,28)35-22-8-6-19(7-9-22)18-30-14-16-31(17-15-30)23(33)20-10-12-32(13-11-20)24(34)29-21-4-2-1-3-5-21/h1-9,20H,10-18H2,(H,29,34). The number of piperazine rings is 1. The second-order valence-corrected chi connectivity index (χ2v) is 8.85. The monoisotopic (exact) mass is 490 g/mol. The van der Waals surface area contributed by atoms with Crippen LogP contribution in [0.25, 0.3) is 0 Å². The summed E-state index contributed by atoms with van der Waals surface area (Å²) >= 11 is 0. The van der Waals surface area contributed by atoms with Crippen molar-refractivity contribution in [2.75, 3.05) is 44.6 Å². The third-order valence-electron chi connectivity index (χ3n) is 6.40. The van der Waals surface area contributed by atoms with Gasteiger partial charge < -0.3 is 19.9 Å². The zero-order chi connectivity index (χ0) is 24.8. The van der Waals surface area contributed by atoms with Crippen molar-refractivity contribution in [2.24, 2.45) is 5.92 Å². The molecule has 0 spiro atoms. The van der Waals surface area contributed by atoms with Crippen molar-refractivity contribution in [1.82, 2.24) is 14.7 Å². The van der Waals surface area contributed by atoms with Gasteiger partial charge in [0.1, 0.15) is 5.75 Å². The predicted octanol–water partition coefficient (Wildman–Crippen LogP) is 4.17. The minimum Gasteiger partial charge on any atom is -0.406 e. The average molecular weight is 491 g/mol. The molecule has 3 amide bonds. The SMILES string of the molecule is O=C(Nc1ccccc1)N1CCC(C(=O)N2CCN(Cc3ccc(OC(F)(F)F)cc3)CC2)CC1. The molecule has 2 aliphatic heterocycles. The van der Waals surface area contributed by atoms with Crippen LogP contribution in [0.15, 0.2) is 54.6 Å². The van der Waals surface area contributed by atoms with Crippen molar-refractivity contribution in [3.63, 3.8) is 0 Å². The number of para-hydroxylation sites is 1. The zero-order valence-corrected chi connectivity index (χ0v) is 19.3. The quantitative estimate of drug-likeness (QED) is 0.683. The molecule has 2 aromatic carbocycles. The minimum atomic E-state index is -4.70. The first-order valence-corrected chi connectivity index (χ1v) is 11.7. The van der Waals surface area contributed by atoms with E-state index in [2.05, 4.69) is 15.0 Å². The van der Waals surface area contributed by atoms with Crippen molar-refractivity contribution in [3.05, 3.63) is 60.2 Å². The molecule has 2 saturated heterocycles. The molecule has 2 aromatic rings. The number of halogens is 3. The number of rotatable bonds is 5. The highest BCUT2D eigenvalue weighted by molar-refractivity contribution is 5.89. The van der Waals surface area contributed by atoms with Crippen molar-refractivity contribution < 1.29 is 27.5 Å². The maximum Gasteiger partial charge on any atom is 0.573 e. The first-order chi connectivity index (χ1) is 16.8. The Labute approximate surface area is 202 Å². The van der Waals surface area contributed by atoms with E-state index in [4.69, 9.17) is 0 Å². The number of nitrogens with one attached hydrogen (secondary N) is 1. The molecule has 0 radical (unpaired) electrons. The minimum absolute atomic E-state index is 0.0801. The molecule has 10 heteroatoms. The lowest BCUT2D eigenvalue weighted by molar-refractivity contribution is -0.274. The summed E-state index contributed by atoms with van der Waals surface area (Å²) in [7, 11) is 0. The number of carbonyl (C=O) groups is 2. The largest absolute Gasteiger partial charge is 0.573 e. The van der Waals surface area contributed by atoms with Crippen molar-refractivity contribution >= 4 is 17.6 Å². The van der Waals surface area contributed by atoms with Crippen LogP contribution in [0, 0.1) is 5.92 Å². The van der Waals surface area contributed by atoms with E-state index < -0.39 is 6.36 Å². The second kappa shape index (κ2) is 11.0. The van der Waals surface area contributed by atoms with Gasteiger partial charge >= 0.3 is 12.4 Å². The summed E-state index contributed by atoms with van der Waals surface area (Å²) in [5.74, 6) is -0.176. The van der Waals surface area contributed by atoms with Gasteiger partial charge in [0.25, 0.3) is 0 Å². The lowest BCUT2D eigenvalue weighted by Gasteiger charge is -2.38. The molecule has 2 fully saturated rings. The highest BCUT2D eigenvalue weighted by Gasteiger charge is 2.32. The van der Waals surface area contributed by atoms with E-state index in [1.54, 1.807) is 17.0 Å². The molecular formula is C25H29F3N4O3. The van der Waals surface area contributed by atoms with Crippen LogP contribution in [0.4, 0.5) is 23.7 Å². The van der Waals surface area contributed by atoms with Crippen LogP contribution in [0.2, 0.25) is 0 Å². The summed E-state index contributed by atoms with van der Waals surface area (Å²) in [6.07, 6.45) is -3.41. The van der Waals surface area contributed by atoms with E-state index in [0.717, 1.165) is 11.3 Å². The fourth-order valence-corrected chi connectivity index (χ4v) is 4.49. The number of alkyl halides is 3. The number of piperidine rings is 1. The van der Waals surface area contributed by atoms with E-state index in [1.165, 1.54) is 12.1 Å². The van der Waals surface area contributed by atoms with Gasteiger partial charge in [-0.15, -0.1) is 13.2 Å². The van der Waals surface area contributed by atoms with E-state index >= 15 is 0 Å². The predicted molar refractivity (Wildman–Crippen MR) is 125 cm³/mol. The lowest BCUT2D eigenvalue weighted by atomic mass is 9.95. The Hall–Kier alpha value is -3.27. The first kappa shape index (κ1) is 24.8. The summed E-state index contributed by atoms with van der Waals surface area (Å²) in [4.78, 5) is 31.3. The highest BCUT2D eigenvalue weighted by Crippen LogP contribution is 2.24. The summed E-state index contributed by atoms with van der Waals surface area (Å²) in [5, 5.41) is 2.89. The Balaban J connectivity index is 1.19. The number of carbonyl (C=O) groups excluding carboxylic acids is 2. The summed E-state index contributed by atoms with van der Waals surface area (Å²) in [6.45, 7) is 4.32. The number of nitrogens with zero attached hydrogens (tertiary/aromatic N) is 3. The van der Waals surface area contributed by atoms with Crippen LogP contribution in [-0.4, -0.2) is 72.3 Å². The molecule has 2 heterocycles. The third kappa shape index (κ3) is 7.11. The van der Waals surface area contributed by atoms with E-state index in [-0.39, 0.29) is 23.6 Å². The van der Waals surface area contributed by atoms with E-state index in [1.807, 2.05) is 35.2 Å². The van der Waals surface area contributed by atoms with Crippen molar-refractivity contribution in [3.8, 4) is 5.75 Å². The van der Waals surface area contributed by atoms with Crippen LogP contribution in [-0.2, 0) is 11.3 Å². The molecule has 0 saturated carbocycles. The molecule has 0 bridgehead atoms. The van der Waals surface area contributed by atoms with Gasteiger partial charge in [-0.1, -0.05) is 30.3 Å². The van der Waals surface area contributed by atoms with Crippen molar-refractivity contribution in [1.29, 1.82) is 0 Å². The number of hydrogen-bond acceptors (Lipinski definition) is 4. The molecule has 4 rings (SSSR count). The van der Waals surface area contributed by atoms with Crippen LogP contribution in [0.3, 0.4) is 0 Å². The Kier molecular flexibility index (Phi) is 7.80. The Morgan fingerprint density at radius 1 is 0.857 bits per heavy atom. The molecule has 7 nitrogen and oxygen atoms in total. The topological polar surface area (TPSA) is 65.1 Å². The summed E-state index contributed by atoms with van der Waals surface area (Å²) < 4.78 is 40.8. The van der Waals surface area contributed by atoms with Gasteiger partial charge in [0.05, 0.1) is 0 Å². The van der Waals surface area contributed by atoms with Crippen LogP contribution in [0.1, 0.15) is 18.4 Å². The number of urea groups is 1. The van der Waals surface area contributed by atoms with Gasteiger partial charge in [0, 0.05) is 57.4 Å². The first-order valence-electron chi connectivity index (χ1n) is 11.7. The van der Waals surface area contributed by atoms with Gasteiger partial charge in [0.2, 0.25) is 5.91 Å². The van der Waals surface area contributed by atoms with E-state index in [0.29, 0.717) is 58.7 Å². The normalized spacial score (nSPS) is 17.8. The Morgan fingerprint density at radius 3 is 2.09 bits per heavy atom. The number of benzene rings is 2. The maximum absolute atomic E-state index is 13.0. The zero-order valence-electron chi connectivity index (χ0n) is 19.3. The van der Waals surface area contributed by atoms with Crippen LogP contribution < -0.4 is 10.1 Å². The van der Waals surface area contributed by atoms with Gasteiger partial charge in [-0.3, -0.25) is 9.69 Å². The highest BCUT2D eigenvalue weighted by atomic mass is 19.4. The van der Waals surface area contributed by atoms with Gasteiger partial charge in [-0.2, -0.15) is 0 Å². The molecule has 0 atom stereocenters. The summed E-state index contributed by atoms with van der Waals surface area (Å²) in [6, 6.07) is 15.0. The van der Waals surface area contributed by atoms with Gasteiger partial charge in [-0.05, 0) is 42.7 Å². The fourth-order valence-electron chi connectivity index (χ4n) is 4.49. The Bertz CT molecular complexity index is 985. The number of ether oxygens (including phenoxy) is 1. The van der Waals surface area contributed by atoms with E-state index in [9.17, 15) is 22.8 Å². The molecule has 0 aromatic heterocycles. The molecule has 2 aliphatic rings. The lowest BCUT2D eigenvalue weighted by Crippen LogP contribution is -2.51. The molecule has 0 aliphatic carbocycles. The maximum atomic E-state index is 13.0. The van der Waals surface area contributed by atoms with Crippen molar-refractivity contribution in [2.45, 2.75) is 25.7 Å². The number of amides is 3. The summed E-state index contributed by atoms with van der Waals surface area (Å²) in [5.41, 5.74) is 1.64. The fraction of sp³-hybridized carbons (Fsp3) is 0.440. The van der Waals surface area contributed by atoms with Gasteiger partial charge in [-0.25, -0.2) is 4.79 Å². The smallest absolute Gasteiger partial charge is 0.406 e. The average Bonchev–Trinajstić information content (AvgIpc) is 2.85. The number of anilines is 1. The molecular weight excluding hydrogens is 461 g/mol.